The van der Waals surface area contributed by atoms with Crippen LogP contribution in [0.25, 0.3) is 0 Å². The molecule has 1 aromatic heterocycles. The Labute approximate surface area is 119 Å². The predicted molar refractivity (Wildman–Crippen MR) is 80.4 cm³/mol. The minimum atomic E-state index is 0.538. The van der Waals surface area contributed by atoms with Crippen molar-refractivity contribution in [2.45, 2.75) is 13.0 Å². The molecule has 19 heavy (non-hydrogen) atoms. The van der Waals surface area contributed by atoms with E-state index < -0.39 is 0 Å². The minimum absolute atomic E-state index is 0.538. The zero-order valence-electron chi connectivity index (χ0n) is 10.5. The van der Waals surface area contributed by atoms with Crippen LogP contribution in [0.3, 0.4) is 0 Å². The Hall–Kier alpha value is -1.92. The van der Waals surface area contributed by atoms with Crippen molar-refractivity contribution in [3.63, 3.8) is 0 Å². The molecule has 0 bridgehead atoms. The van der Waals surface area contributed by atoms with E-state index in [-0.39, 0.29) is 0 Å². The largest absolute Gasteiger partial charge is 0.487 e. The number of hydrogen-bond donors (Lipinski definition) is 1. The first-order valence-electron chi connectivity index (χ1n) is 6.10. The van der Waals surface area contributed by atoms with Crippen molar-refractivity contribution in [3.8, 4) is 17.6 Å². The number of ether oxygens (including phenoxy) is 1. The van der Waals surface area contributed by atoms with Crippen LogP contribution in [-0.4, -0.2) is 10.7 Å². The van der Waals surface area contributed by atoms with Gasteiger partial charge in [0.05, 0.1) is 6.20 Å². The maximum absolute atomic E-state index is 5.69. The molecular weight excluding hydrogens is 254 g/mol. The lowest BCUT2D eigenvalue weighted by atomic mass is 10.2. The number of aromatic nitrogens is 1. The van der Waals surface area contributed by atoms with Gasteiger partial charge in [-0.15, -0.1) is 0 Å². The van der Waals surface area contributed by atoms with Gasteiger partial charge in [-0.3, -0.25) is 4.98 Å². The van der Waals surface area contributed by atoms with Gasteiger partial charge in [-0.05, 0) is 11.6 Å². The van der Waals surface area contributed by atoms with Crippen LogP contribution in [0, 0.1) is 11.8 Å². The van der Waals surface area contributed by atoms with E-state index in [9.17, 15) is 0 Å². The zero-order chi connectivity index (χ0) is 13.3. The van der Waals surface area contributed by atoms with Crippen LogP contribution in [0.15, 0.2) is 48.8 Å². The van der Waals surface area contributed by atoms with Gasteiger partial charge in [0.2, 0.25) is 0 Å². The van der Waals surface area contributed by atoms with Crippen molar-refractivity contribution in [1.29, 1.82) is 0 Å². The molecule has 1 aromatic carbocycles. The van der Waals surface area contributed by atoms with Gasteiger partial charge >= 0.3 is 0 Å². The second-order valence-electron chi connectivity index (χ2n) is 3.96. The summed E-state index contributed by atoms with van der Waals surface area (Å²) in [5.41, 5.74) is 2.00. The molecule has 0 unspecified atom stereocenters. The molecule has 0 spiro atoms. The molecule has 1 heterocycles. The Morgan fingerprint density at radius 3 is 2.79 bits per heavy atom. The van der Waals surface area contributed by atoms with E-state index in [1.807, 2.05) is 36.4 Å². The molecule has 0 amide bonds. The number of benzene rings is 1. The van der Waals surface area contributed by atoms with Crippen LogP contribution >= 0.6 is 12.6 Å². The average Bonchev–Trinajstić information content (AvgIpc) is 2.47. The van der Waals surface area contributed by atoms with Gasteiger partial charge in [-0.1, -0.05) is 42.2 Å². The maximum Gasteiger partial charge on any atom is 0.139 e. The first-order valence-corrected chi connectivity index (χ1v) is 6.73. The monoisotopic (exact) mass is 269 g/mol. The van der Waals surface area contributed by atoms with Gasteiger partial charge in [0.15, 0.2) is 0 Å². The van der Waals surface area contributed by atoms with E-state index in [4.69, 9.17) is 4.74 Å². The van der Waals surface area contributed by atoms with Crippen LogP contribution in [0.2, 0.25) is 0 Å². The molecule has 96 valence electrons. The Kier molecular flexibility index (Phi) is 5.33. The van der Waals surface area contributed by atoms with E-state index in [2.05, 4.69) is 29.5 Å². The summed E-state index contributed by atoms with van der Waals surface area (Å²) in [5, 5.41) is 0. The third-order valence-corrected chi connectivity index (χ3v) is 2.65. The Balaban J connectivity index is 1.98. The molecular formula is C16H15NOS. The summed E-state index contributed by atoms with van der Waals surface area (Å²) in [4.78, 5) is 4.13. The molecule has 0 saturated heterocycles. The second kappa shape index (κ2) is 7.50. The molecule has 0 aliphatic rings. The smallest absolute Gasteiger partial charge is 0.139 e. The number of hydrogen-bond acceptors (Lipinski definition) is 3. The highest BCUT2D eigenvalue weighted by atomic mass is 32.1. The summed E-state index contributed by atoms with van der Waals surface area (Å²) in [5.74, 6) is 7.58. The van der Waals surface area contributed by atoms with Crippen LogP contribution in [0.4, 0.5) is 0 Å². The molecule has 0 aliphatic heterocycles. The van der Waals surface area contributed by atoms with E-state index in [0.29, 0.717) is 6.61 Å². The third-order valence-electron chi connectivity index (χ3n) is 2.43. The summed E-state index contributed by atoms with van der Waals surface area (Å²) in [7, 11) is 0. The SMILES string of the molecule is SCCC#Cc1cncc(OCc2ccccc2)c1. The van der Waals surface area contributed by atoms with Crippen molar-refractivity contribution in [2.24, 2.45) is 0 Å². The Morgan fingerprint density at radius 2 is 2.00 bits per heavy atom. The van der Waals surface area contributed by atoms with Crippen LogP contribution in [-0.2, 0) is 6.61 Å². The van der Waals surface area contributed by atoms with Gasteiger partial charge in [-0.2, -0.15) is 12.6 Å². The molecule has 0 atom stereocenters. The lowest BCUT2D eigenvalue weighted by Gasteiger charge is -2.05. The molecule has 2 rings (SSSR count). The molecule has 2 aromatic rings. The topological polar surface area (TPSA) is 22.1 Å². The van der Waals surface area contributed by atoms with E-state index in [1.165, 1.54) is 0 Å². The van der Waals surface area contributed by atoms with Gasteiger partial charge in [0.1, 0.15) is 12.4 Å². The Morgan fingerprint density at radius 1 is 1.16 bits per heavy atom. The molecule has 2 nitrogen and oxygen atoms in total. The van der Waals surface area contributed by atoms with Crippen LogP contribution in [0.5, 0.6) is 5.75 Å². The third kappa shape index (κ3) is 4.69. The quantitative estimate of drug-likeness (QED) is 0.679. The summed E-state index contributed by atoms with van der Waals surface area (Å²) < 4.78 is 5.69. The predicted octanol–water partition coefficient (Wildman–Crippen LogP) is 3.33. The highest BCUT2D eigenvalue weighted by Gasteiger charge is 1.97. The second-order valence-corrected chi connectivity index (χ2v) is 4.41. The number of pyridine rings is 1. The highest BCUT2D eigenvalue weighted by Crippen LogP contribution is 2.12. The van der Waals surface area contributed by atoms with Gasteiger partial charge in [0.25, 0.3) is 0 Å². The average molecular weight is 269 g/mol. The van der Waals surface area contributed by atoms with E-state index >= 15 is 0 Å². The van der Waals surface area contributed by atoms with Crippen molar-refractivity contribution < 1.29 is 4.74 Å². The van der Waals surface area contributed by atoms with Crippen molar-refractivity contribution in [2.75, 3.05) is 5.75 Å². The molecule has 0 radical (unpaired) electrons. The number of thiol groups is 1. The van der Waals surface area contributed by atoms with Gasteiger partial charge in [-0.25, -0.2) is 0 Å². The maximum atomic E-state index is 5.69. The van der Waals surface area contributed by atoms with Gasteiger partial charge < -0.3 is 4.74 Å². The fourth-order valence-corrected chi connectivity index (χ4v) is 1.64. The molecule has 0 saturated carbocycles. The standard InChI is InChI=1S/C16H15NOS/c19-9-5-4-8-15-10-16(12-17-11-15)18-13-14-6-2-1-3-7-14/h1-3,6-7,10-12,19H,5,9,13H2. The summed E-state index contributed by atoms with van der Waals surface area (Å²) in [6.45, 7) is 0.538. The van der Waals surface area contributed by atoms with Crippen molar-refractivity contribution >= 4 is 12.6 Å². The molecule has 0 N–H and O–H groups in total. The van der Waals surface area contributed by atoms with Crippen LogP contribution in [0.1, 0.15) is 17.5 Å². The first kappa shape index (κ1) is 13.5. The van der Waals surface area contributed by atoms with Gasteiger partial charge in [0, 0.05) is 23.9 Å². The fourth-order valence-electron chi connectivity index (χ4n) is 1.53. The summed E-state index contributed by atoms with van der Waals surface area (Å²) in [6, 6.07) is 11.9. The molecule has 0 aliphatic carbocycles. The number of nitrogens with zero attached hydrogens (tertiary/aromatic N) is 1. The van der Waals surface area contributed by atoms with Crippen LogP contribution < -0.4 is 4.74 Å². The van der Waals surface area contributed by atoms with Crippen molar-refractivity contribution in [1.82, 2.24) is 4.98 Å². The Bertz CT molecular complexity index is 572. The normalized spacial score (nSPS) is 9.53. The fraction of sp³-hybridized carbons (Fsp3) is 0.188. The van der Waals surface area contributed by atoms with Crippen molar-refractivity contribution in [3.05, 3.63) is 59.9 Å². The minimum Gasteiger partial charge on any atom is -0.487 e. The van der Waals surface area contributed by atoms with E-state index in [0.717, 1.165) is 29.1 Å². The lowest BCUT2D eigenvalue weighted by molar-refractivity contribution is 0.305. The summed E-state index contributed by atoms with van der Waals surface area (Å²) >= 11 is 4.12. The molecule has 0 fully saturated rings. The lowest BCUT2D eigenvalue weighted by Crippen LogP contribution is -1.95. The molecule has 3 heteroatoms. The zero-order valence-corrected chi connectivity index (χ0v) is 11.4. The number of rotatable bonds is 4. The van der Waals surface area contributed by atoms with E-state index in [1.54, 1.807) is 12.4 Å². The first-order chi connectivity index (χ1) is 9.38. The highest BCUT2D eigenvalue weighted by molar-refractivity contribution is 7.80. The summed E-state index contributed by atoms with van der Waals surface area (Å²) in [6.07, 6.45) is 4.21.